The van der Waals surface area contributed by atoms with Gasteiger partial charge in [-0.15, -0.1) is 0 Å². The molecule has 3 aromatic carbocycles. The fourth-order valence-electron chi connectivity index (χ4n) is 3.21. The number of benzene rings is 3. The van der Waals surface area contributed by atoms with Crippen LogP contribution in [0.2, 0.25) is 0 Å². The minimum Gasteiger partial charge on any atom is -0.508 e. The van der Waals surface area contributed by atoms with E-state index >= 15 is 0 Å². The van der Waals surface area contributed by atoms with Gasteiger partial charge in [0.05, 0.1) is 5.52 Å². The van der Waals surface area contributed by atoms with Gasteiger partial charge in [-0.1, -0.05) is 30.3 Å². The number of carbonyl (C=O) groups excluding carboxylic acids is 1. The Bertz CT molecular complexity index is 1080. The predicted octanol–water partition coefficient (Wildman–Crippen LogP) is 4.47. The molecule has 1 N–H and O–H groups in total. The molecule has 1 heterocycles. The summed E-state index contributed by atoms with van der Waals surface area (Å²) in [6, 6.07) is 21.1. The zero-order chi connectivity index (χ0) is 17.4. The van der Waals surface area contributed by atoms with Crippen LogP contribution in [0.5, 0.6) is 11.5 Å². The Labute approximate surface area is 144 Å². The van der Waals surface area contributed by atoms with Crippen molar-refractivity contribution < 1.29 is 14.6 Å². The van der Waals surface area contributed by atoms with Crippen LogP contribution in [0.4, 0.5) is 0 Å². The Morgan fingerprint density at radius 2 is 1.68 bits per heavy atom. The summed E-state index contributed by atoms with van der Waals surface area (Å²) >= 11 is 0. The smallest absolute Gasteiger partial charge is 0.308 e. The fraction of sp³-hybridized carbons (Fsp3) is 0.0952. The minimum absolute atomic E-state index is 0.253. The Kier molecular flexibility index (Phi) is 3.65. The first-order valence-corrected chi connectivity index (χ1v) is 8.09. The largest absolute Gasteiger partial charge is 0.508 e. The maximum atomic E-state index is 11.3. The summed E-state index contributed by atoms with van der Waals surface area (Å²) in [6.07, 6.45) is 0. The van der Waals surface area contributed by atoms with Crippen LogP contribution >= 0.6 is 0 Å². The molecule has 1 aromatic heterocycles. The maximum Gasteiger partial charge on any atom is 0.308 e. The van der Waals surface area contributed by atoms with Gasteiger partial charge in [-0.3, -0.25) is 4.79 Å². The lowest BCUT2D eigenvalue weighted by molar-refractivity contribution is -0.131. The molecule has 0 amide bonds. The molecule has 25 heavy (non-hydrogen) atoms. The lowest BCUT2D eigenvalue weighted by Crippen LogP contribution is -2.02. The van der Waals surface area contributed by atoms with Gasteiger partial charge in [0.25, 0.3) is 0 Å². The minimum atomic E-state index is -0.333. The molecule has 0 bridgehead atoms. The lowest BCUT2D eigenvalue weighted by atomic mass is 10.1. The molecule has 0 saturated carbocycles. The predicted molar refractivity (Wildman–Crippen MR) is 98.0 cm³/mol. The average molecular weight is 331 g/mol. The highest BCUT2D eigenvalue weighted by Crippen LogP contribution is 2.32. The summed E-state index contributed by atoms with van der Waals surface area (Å²) in [4.78, 5) is 11.3. The molecule has 4 nitrogen and oxygen atoms in total. The maximum absolute atomic E-state index is 11.3. The van der Waals surface area contributed by atoms with Crippen molar-refractivity contribution in [1.29, 1.82) is 0 Å². The number of aromatic nitrogens is 1. The van der Waals surface area contributed by atoms with Crippen LogP contribution in [0.25, 0.3) is 21.8 Å². The molecule has 0 spiro atoms. The van der Waals surface area contributed by atoms with E-state index < -0.39 is 0 Å². The molecule has 0 aliphatic heterocycles. The highest BCUT2D eigenvalue weighted by atomic mass is 16.5. The van der Waals surface area contributed by atoms with Gasteiger partial charge in [-0.25, -0.2) is 0 Å². The molecule has 0 unspecified atom stereocenters. The number of nitrogens with zero attached hydrogens (tertiary/aromatic N) is 1. The van der Waals surface area contributed by atoms with E-state index in [0.29, 0.717) is 12.3 Å². The monoisotopic (exact) mass is 331 g/mol. The second-order valence-electron chi connectivity index (χ2n) is 6.04. The highest BCUT2D eigenvalue weighted by Gasteiger charge is 2.12. The number of carbonyl (C=O) groups is 1. The average Bonchev–Trinajstić information content (AvgIpc) is 2.90. The van der Waals surface area contributed by atoms with Gasteiger partial charge < -0.3 is 14.4 Å². The van der Waals surface area contributed by atoms with Gasteiger partial charge in [0.1, 0.15) is 11.5 Å². The Morgan fingerprint density at radius 1 is 0.960 bits per heavy atom. The van der Waals surface area contributed by atoms with Gasteiger partial charge >= 0.3 is 5.97 Å². The van der Waals surface area contributed by atoms with Crippen molar-refractivity contribution in [3.8, 4) is 11.5 Å². The van der Waals surface area contributed by atoms with E-state index in [2.05, 4.69) is 16.7 Å². The summed E-state index contributed by atoms with van der Waals surface area (Å²) in [7, 11) is 0. The van der Waals surface area contributed by atoms with Crippen molar-refractivity contribution in [3.05, 3.63) is 72.3 Å². The molecule has 4 rings (SSSR count). The van der Waals surface area contributed by atoms with Crippen LogP contribution in [-0.4, -0.2) is 15.6 Å². The first kappa shape index (κ1) is 15.3. The Balaban J connectivity index is 1.91. The van der Waals surface area contributed by atoms with Crippen molar-refractivity contribution in [2.75, 3.05) is 0 Å². The Hall–Kier alpha value is -3.27. The third-order valence-corrected chi connectivity index (χ3v) is 4.28. The quantitative estimate of drug-likeness (QED) is 0.445. The molecule has 4 aromatic rings. The number of esters is 1. The van der Waals surface area contributed by atoms with Crippen LogP contribution in [0.15, 0.2) is 66.7 Å². The molecule has 4 heteroatoms. The van der Waals surface area contributed by atoms with Gasteiger partial charge in [0, 0.05) is 35.8 Å². The van der Waals surface area contributed by atoms with E-state index in [0.717, 1.165) is 27.4 Å². The number of phenols is 1. The van der Waals surface area contributed by atoms with Crippen LogP contribution in [0, 0.1) is 0 Å². The normalized spacial score (nSPS) is 11.1. The van der Waals surface area contributed by atoms with E-state index in [9.17, 15) is 9.90 Å². The third kappa shape index (κ3) is 2.83. The van der Waals surface area contributed by atoms with Crippen molar-refractivity contribution in [3.63, 3.8) is 0 Å². The number of aromatic hydroxyl groups is 1. The highest BCUT2D eigenvalue weighted by molar-refractivity contribution is 6.08. The standard InChI is InChI=1S/C21H17NO3/c1-14(23)25-17-10-11-19-18-4-2-3-5-20(18)22(21(19)12-17)13-15-6-8-16(24)9-7-15/h2-12,24H,13H2,1H3. The van der Waals surface area contributed by atoms with E-state index in [1.165, 1.54) is 6.92 Å². The molecular formula is C21H17NO3. The number of ether oxygens (including phenoxy) is 1. The lowest BCUT2D eigenvalue weighted by Gasteiger charge is -2.09. The summed E-state index contributed by atoms with van der Waals surface area (Å²) in [5.41, 5.74) is 3.21. The van der Waals surface area contributed by atoms with Gasteiger partial charge in [-0.2, -0.15) is 0 Å². The third-order valence-electron chi connectivity index (χ3n) is 4.28. The molecule has 0 aliphatic carbocycles. The number of rotatable bonds is 3. The molecule has 0 atom stereocenters. The number of fused-ring (bicyclic) bond motifs is 3. The van der Waals surface area contributed by atoms with Crippen LogP contribution < -0.4 is 4.74 Å². The van der Waals surface area contributed by atoms with Crippen molar-refractivity contribution >= 4 is 27.8 Å². The van der Waals surface area contributed by atoms with E-state index in [1.54, 1.807) is 12.1 Å². The van der Waals surface area contributed by atoms with Crippen LogP contribution in [0.3, 0.4) is 0 Å². The molecule has 0 fully saturated rings. The van der Waals surface area contributed by atoms with Crippen molar-refractivity contribution in [1.82, 2.24) is 4.57 Å². The number of phenolic OH excluding ortho intramolecular Hbond substituents is 1. The van der Waals surface area contributed by atoms with E-state index in [-0.39, 0.29) is 11.7 Å². The zero-order valence-corrected chi connectivity index (χ0v) is 13.8. The number of hydrogen-bond acceptors (Lipinski definition) is 3. The first-order chi connectivity index (χ1) is 12.1. The van der Waals surface area contributed by atoms with Crippen LogP contribution in [-0.2, 0) is 11.3 Å². The van der Waals surface area contributed by atoms with Gasteiger partial charge in [0.15, 0.2) is 0 Å². The van der Waals surface area contributed by atoms with Gasteiger partial charge in [-0.05, 0) is 35.9 Å². The summed E-state index contributed by atoms with van der Waals surface area (Å²) in [5, 5.41) is 11.8. The van der Waals surface area contributed by atoms with E-state index in [1.807, 2.05) is 42.5 Å². The second kappa shape index (κ2) is 5.98. The molecular weight excluding hydrogens is 314 g/mol. The molecule has 0 radical (unpaired) electrons. The number of para-hydroxylation sites is 1. The molecule has 0 saturated heterocycles. The molecule has 0 aliphatic rings. The van der Waals surface area contributed by atoms with Gasteiger partial charge in [0.2, 0.25) is 0 Å². The summed E-state index contributed by atoms with van der Waals surface area (Å²) < 4.78 is 7.45. The first-order valence-electron chi connectivity index (χ1n) is 8.09. The van der Waals surface area contributed by atoms with Crippen molar-refractivity contribution in [2.45, 2.75) is 13.5 Å². The summed E-state index contributed by atoms with van der Waals surface area (Å²) in [6.45, 7) is 2.06. The zero-order valence-electron chi connectivity index (χ0n) is 13.8. The molecule has 124 valence electrons. The van der Waals surface area contributed by atoms with Crippen molar-refractivity contribution in [2.24, 2.45) is 0 Å². The second-order valence-corrected chi connectivity index (χ2v) is 6.04. The van der Waals surface area contributed by atoms with E-state index in [4.69, 9.17) is 4.74 Å². The van der Waals surface area contributed by atoms with Crippen LogP contribution in [0.1, 0.15) is 12.5 Å². The Morgan fingerprint density at radius 3 is 2.44 bits per heavy atom. The summed E-state index contributed by atoms with van der Waals surface area (Å²) in [5.74, 6) is 0.457. The number of hydrogen-bond donors (Lipinski definition) is 1. The SMILES string of the molecule is CC(=O)Oc1ccc2c3ccccc3n(Cc3ccc(O)cc3)c2c1. The topological polar surface area (TPSA) is 51.5 Å². The fourth-order valence-corrected chi connectivity index (χ4v) is 3.21.